The summed E-state index contributed by atoms with van der Waals surface area (Å²) in [6, 6.07) is 13.9. The predicted octanol–water partition coefficient (Wildman–Crippen LogP) is 3.73. The van der Waals surface area contributed by atoms with Crippen molar-refractivity contribution < 1.29 is 9.53 Å². The molecule has 0 aliphatic rings. The minimum absolute atomic E-state index is 0.0205. The molecule has 0 unspecified atom stereocenters. The average molecular weight is 297 g/mol. The number of rotatable bonds is 5. The topological polar surface area (TPSA) is 38.3 Å². The van der Waals surface area contributed by atoms with Gasteiger partial charge in [0.05, 0.1) is 19.6 Å². The zero-order valence-corrected chi connectivity index (χ0v) is 13.6. The third kappa shape index (κ3) is 3.88. The molecule has 1 N–H and O–H groups in total. The van der Waals surface area contributed by atoms with Crippen molar-refractivity contribution in [3.8, 4) is 5.75 Å². The Morgan fingerprint density at radius 3 is 2.64 bits per heavy atom. The molecule has 0 heterocycles. The van der Waals surface area contributed by atoms with E-state index in [2.05, 4.69) is 23.5 Å². The molecule has 0 bridgehead atoms. The Labute approximate surface area is 132 Å². The summed E-state index contributed by atoms with van der Waals surface area (Å²) in [5.74, 6) is 0.814. The van der Waals surface area contributed by atoms with Gasteiger partial charge >= 0.3 is 0 Å². The minimum atomic E-state index is -0.0891. The van der Waals surface area contributed by atoms with E-state index in [0.29, 0.717) is 6.42 Å². The largest absolute Gasteiger partial charge is 0.496 e. The first-order chi connectivity index (χ1) is 10.5. The van der Waals surface area contributed by atoms with Crippen LogP contribution in [-0.4, -0.2) is 13.0 Å². The lowest BCUT2D eigenvalue weighted by atomic mass is 10.0. The maximum atomic E-state index is 12.3. The lowest BCUT2D eigenvalue weighted by molar-refractivity contribution is -0.121. The number of aryl methyl sites for hydroxylation is 2. The summed E-state index contributed by atoms with van der Waals surface area (Å²) < 4.78 is 5.35. The normalized spacial score (nSPS) is 11.8. The standard InChI is InChI=1S/C19H23NO2/c1-13-9-10-14(2)16(11-13)12-19(21)20-15(3)17-7-5-6-8-18(17)22-4/h5-11,15H,12H2,1-4H3,(H,20,21)/t15-/m1/s1. The Hall–Kier alpha value is -2.29. The Balaban J connectivity index is 2.07. The van der Waals surface area contributed by atoms with Gasteiger partial charge in [0, 0.05) is 5.56 Å². The minimum Gasteiger partial charge on any atom is -0.496 e. The van der Waals surface area contributed by atoms with Crippen LogP contribution in [0.3, 0.4) is 0 Å². The number of hydrogen-bond acceptors (Lipinski definition) is 2. The van der Waals surface area contributed by atoms with Crippen LogP contribution in [0.4, 0.5) is 0 Å². The van der Waals surface area contributed by atoms with Gasteiger partial charge < -0.3 is 10.1 Å². The highest BCUT2D eigenvalue weighted by molar-refractivity contribution is 5.79. The summed E-state index contributed by atoms with van der Waals surface area (Å²) in [5.41, 5.74) is 4.38. The lowest BCUT2D eigenvalue weighted by Crippen LogP contribution is -2.28. The predicted molar refractivity (Wildman–Crippen MR) is 89.2 cm³/mol. The molecule has 0 fully saturated rings. The molecule has 0 spiro atoms. The second-order valence-corrected chi connectivity index (χ2v) is 5.64. The molecule has 0 radical (unpaired) electrons. The summed E-state index contributed by atoms with van der Waals surface area (Å²) in [5, 5.41) is 3.05. The first-order valence-corrected chi connectivity index (χ1v) is 7.49. The van der Waals surface area contributed by atoms with Crippen LogP contribution in [0.2, 0.25) is 0 Å². The van der Waals surface area contributed by atoms with Gasteiger partial charge in [0.25, 0.3) is 0 Å². The number of ether oxygens (including phenoxy) is 1. The van der Waals surface area contributed by atoms with E-state index in [-0.39, 0.29) is 11.9 Å². The lowest BCUT2D eigenvalue weighted by Gasteiger charge is -2.17. The van der Waals surface area contributed by atoms with Crippen LogP contribution in [0, 0.1) is 13.8 Å². The molecule has 2 aromatic rings. The molecular weight excluding hydrogens is 274 g/mol. The number of benzene rings is 2. The van der Waals surface area contributed by atoms with E-state index < -0.39 is 0 Å². The van der Waals surface area contributed by atoms with E-state index >= 15 is 0 Å². The molecular formula is C19H23NO2. The number of hydrogen-bond donors (Lipinski definition) is 1. The third-order valence-electron chi connectivity index (χ3n) is 3.84. The fraction of sp³-hybridized carbons (Fsp3) is 0.316. The maximum Gasteiger partial charge on any atom is 0.224 e. The van der Waals surface area contributed by atoms with E-state index in [1.54, 1.807) is 7.11 Å². The van der Waals surface area contributed by atoms with Crippen LogP contribution >= 0.6 is 0 Å². The Morgan fingerprint density at radius 1 is 1.18 bits per heavy atom. The Kier molecular flexibility index (Phi) is 5.21. The van der Waals surface area contributed by atoms with Crippen molar-refractivity contribution in [2.45, 2.75) is 33.2 Å². The van der Waals surface area contributed by atoms with Gasteiger partial charge in [0.15, 0.2) is 0 Å². The maximum absolute atomic E-state index is 12.3. The molecule has 0 aliphatic carbocycles. The molecule has 2 rings (SSSR count). The molecule has 0 aliphatic heterocycles. The van der Waals surface area contributed by atoms with Gasteiger partial charge in [0.1, 0.15) is 5.75 Å². The Morgan fingerprint density at radius 2 is 1.91 bits per heavy atom. The molecule has 116 valence electrons. The van der Waals surface area contributed by atoms with E-state index in [1.165, 1.54) is 5.56 Å². The molecule has 0 aromatic heterocycles. The number of methoxy groups -OCH3 is 1. The van der Waals surface area contributed by atoms with E-state index in [1.807, 2.05) is 45.0 Å². The first kappa shape index (κ1) is 16.1. The van der Waals surface area contributed by atoms with Crippen molar-refractivity contribution >= 4 is 5.91 Å². The van der Waals surface area contributed by atoms with Crippen molar-refractivity contribution in [1.82, 2.24) is 5.32 Å². The van der Waals surface area contributed by atoms with Crippen LogP contribution in [0.5, 0.6) is 5.75 Å². The van der Waals surface area contributed by atoms with Gasteiger partial charge in [-0.2, -0.15) is 0 Å². The average Bonchev–Trinajstić information content (AvgIpc) is 2.50. The van der Waals surface area contributed by atoms with Crippen molar-refractivity contribution in [3.05, 3.63) is 64.7 Å². The smallest absolute Gasteiger partial charge is 0.224 e. The summed E-state index contributed by atoms with van der Waals surface area (Å²) in [4.78, 5) is 12.3. The van der Waals surface area contributed by atoms with E-state index in [0.717, 1.165) is 22.4 Å². The zero-order valence-electron chi connectivity index (χ0n) is 13.6. The number of nitrogens with one attached hydrogen (secondary N) is 1. The highest BCUT2D eigenvalue weighted by Gasteiger charge is 2.14. The quantitative estimate of drug-likeness (QED) is 0.913. The van der Waals surface area contributed by atoms with Crippen LogP contribution in [0.1, 0.15) is 35.2 Å². The van der Waals surface area contributed by atoms with Crippen molar-refractivity contribution in [1.29, 1.82) is 0 Å². The van der Waals surface area contributed by atoms with Crippen molar-refractivity contribution in [3.63, 3.8) is 0 Å². The fourth-order valence-electron chi connectivity index (χ4n) is 2.56. The van der Waals surface area contributed by atoms with Gasteiger partial charge in [-0.3, -0.25) is 4.79 Å². The number of para-hydroxylation sites is 1. The van der Waals surface area contributed by atoms with Gasteiger partial charge in [0.2, 0.25) is 5.91 Å². The highest BCUT2D eigenvalue weighted by atomic mass is 16.5. The summed E-state index contributed by atoms with van der Waals surface area (Å²) in [7, 11) is 1.64. The SMILES string of the molecule is COc1ccccc1[C@@H](C)NC(=O)Cc1cc(C)ccc1C. The number of carbonyl (C=O) groups excluding carboxylic acids is 1. The fourth-order valence-corrected chi connectivity index (χ4v) is 2.56. The summed E-state index contributed by atoms with van der Waals surface area (Å²) >= 11 is 0. The molecule has 1 amide bonds. The van der Waals surface area contributed by atoms with Gasteiger partial charge in [-0.25, -0.2) is 0 Å². The molecule has 1 atom stereocenters. The Bertz CT molecular complexity index is 664. The molecule has 3 heteroatoms. The van der Waals surface area contributed by atoms with Crippen LogP contribution in [0.15, 0.2) is 42.5 Å². The van der Waals surface area contributed by atoms with Crippen LogP contribution < -0.4 is 10.1 Å². The molecule has 3 nitrogen and oxygen atoms in total. The molecule has 22 heavy (non-hydrogen) atoms. The zero-order chi connectivity index (χ0) is 16.1. The second kappa shape index (κ2) is 7.12. The third-order valence-corrected chi connectivity index (χ3v) is 3.84. The number of carbonyl (C=O) groups is 1. The summed E-state index contributed by atoms with van der Waals surface area (Å²) in [6.45, 7) is 6.04. The molecule has 2 aromatic carbocycles. The van der Waals surface area contributed by atoms with Gasteiger partial charge in [-0.05, 0) is 38.0 Å². The van der Waals surface area contributed by atoms with Gasteiger partial charge in [-0.1, -0.05) is 42.0 Å². The molecule has 0 saturated carbocycles. The van der Waals surface area contributed by atoms with Crippen LogP contribution in [-0.2, 0) is 11.2 Å². The summed E-state index contributed by atoms with van der Waals surface area (Å²) in [6.07, 6.45) is 0.396. The highest BCUT2D eigenvalue weighted by Crippen LogP contribution is 2.24. The van der Waals surface area contributed by atoms with Crippen molar-refractivity contribution in [2.24, 2.45) is 0 Å². The second-order valence-electron chi connectivity index (χ2n) is 5.64. The van der Waals surface area contributed by atoms with Crippen LogP contribution in [0.25, 0.3) is 0 Å². The van der Waals surface area contributed by atoms with E-state index in [9.17, 15) is 4.79 Å². The van der Waals surface area contributed by atoms with Gasteiger partial charge in [-0.15, -0.1) is 0 Å². The number of amides is 1. The van der Waals surface area contributed by atoms with E-state index in [4.69, 9.17) is 4.74 Å². The molecule has 0 saturated heterocycles. The van der Waals surface area contributed by atoms with Crippen molar-refractivity contribution in [2.75, 3.05) is 7.11 Å². The monoisotopic (exact) mass is 297 g/mol. The first-order valence-electron chi connectivity index (χ1n) is 7.49.